The van der Waals surface area contributed by atoms with Crippen LogP contribution in [0.4, 0.5) is 0 Å². The van der Waals surface area contributed by atoms with E-state index >= 15 is 0 Å². The maximum Gasteiger partial charge on any atom is 0.287 e. The van der Waals surface area contributed by atoms with Crippen molar-refractivity contribution in [1.82, 2.24) is 10.6 Å². The summed E-state index contributed by atoms with van der Waals surface area (Å²) in [6.07, 6.45) is 0.858. The highest BCUT2D eigenvalue weighted by Gasteiger charge is 2.18. The largest absolute Gasteiger partial charge is 0.451 e. The molecule has 2 rings (SSSR count). The van der Waals surface area contributed by atoms with Gasteiger partial charge in [0.15, 0.2) is 5.76 Å². The summed E-state index contributed by atoms with van der Waals surface area (Å²) in [5.41, 5.74) is 1.41. The normalized spacial score (nSPS) is 10.6. The molecule has 1 heterocycles. The third-order valence-electron chi connectivity index (χ3n) is 3.09. The summed E-state index contributed by atoms with van der Waals surface area (Å²) in [6, 6.07) is 5.56. The fourth-order valence-corrected chi connectivity index (χ4v) is 2.34. The van der Waals surface area contributed by atoms with Crippen molar-refractivity contribution in [2.75, 3.05) is 13.1 Å². The predicted molar refractivity (Wildman–Crippen MR) is 84.3 cm³/mol. The van der Waals surface area contributed by atoms with Crippen LogP contribution in [0.3, 0.4) is 0 Å². The van der Waals surface area contributed by atoms with Crippen molar-refractivity contribution in [1.29, 1.82) is 0 Å². The number of rotatable bonds is 5. The van der Waals surface area contributed by atoms with E-state index < -0.39 is 0 Å². The number of fused-ring (bicyclic) bond motifs is 1. The smallest absolute Gasteiger partial charge is 0.287 e. The molecule has 2 amide bonds. The molecule has 0 saturated carbocycles. The molecule has 0 aliphatic heterocycles. The minimum Gasteiger partial charge on any atom is -0.451 e. The van der Waals surface area contributed by atoms with E-state index in [2.05, 4.69) is 26.6 Å². The molecule has 2 N–H and O–H groups in total. The van der Waals surface area contributed by atoms with Crippen LogP contribution in [0.25, 0.3) is 11.0 Å². The van der Waals surface area contributed by atoms with Gasteiger partial charge in [0.25, 0.3) is 5.91 Å². The molecule has 0 bridgehead atoms. The Morgan fingerprint density at radius 1 is 1.29 bits per heavy atom. The second kappa shape index (κ2) is 6.76. The van der Waals surface area contributed by atoms with E-state index in [0.717, 1.165) is 21.8 Å². The molecule has 1 aromatic heterocycles. The first-order valence-electron chi connectivity index (χ1n) is 6.76. The lowest BCUT2D eigenvalue weighted by atomic mass is 10.1. The van der Waals surface area contributed by atoms with E-state index in [0.29, 0.717) is 12.1 Å². The molecule has 5 nitrogen and oxygen atoms in total. The SMILES string of the molecule is CCCNC(=O)CNC(=O)c1oc2ccc(Br)cc2c1C. The summed E-state index contributed by atoms with van der Waals surface area (Å²) >= 11 is 3.39. The minimum absolute atomic E-state index is 0.0565. The molecule has 112 valence electrons. The second-order valence-electron chi connectivity index (χ2n) is 4.73. The minimum atomic E-state index is -0.383. The molecule has 0 unspecified atom stereocenters. The molecular formula is C15H17BrN2O3. The zero-order valence-electron chi connectivity index (χ0n) is 12.0. The standard InChI is InChI=1S/C15H17BrN2O3/c1-3-6-17-13(19)8-18-15(20)14-9(2)11-7-10(16)4-5-12(11)21-14/h4-5,7H,3,6,8H2,1-2H3,(H,17,19)(H,18,20). The average molecular weight is 353 g/mol. The van der Waals surface area contributed by atoms with Crippen LogP contribution in [0, 0.1) is 6.92 Å². The molecule has 6 heteroatoms. The summed E-state index contributed by atoms with van der Waals surface area (Å²) in [4.78, 5) is 23.6. The summed E-state index contributed by atoms with van der Waals surface area (Å²) in [5, 5.41) is 6.14. The Labute approximate surface area is 131 Å². The first-order chi connectivity index (χ1) is 10.0. The molecule has 0 aliphatic rings. The van der Waals surface area contributed by atoms with Crippen molar-refractivity contribution in [2.45, 2.75) is 20.3 Å². The maximum atomic E-state index is 12.1. The van der Waals surface area contributed by atoms with Gasteiger partial charge >= 0.3 is 0 Å². The van der Waals surface area contributed by atoms with E-state index in [1.165, 1.54) is 0 Å². The van der Waals surface area contributed by atoms with Crippen LogP contribution >= 0.6 is 15.9 Å². The first kappa shape index (κ1) is 15.6. The molecule has 1 aromatic carbocycles. The first-order valence-corrected chi connectivity index (χ1v) is 7.55. The van der Waals surface area contributed by atoms with Crippen LogP contribution in [0.2, 0.25) is 0 Å². The fraction of sp³-hybridized carbons (Fsp3) is 0.333. The van der Waals surface area contributed by atoms with Gasteiger partial charge < -0.3 is 15.1 Å². The number of hydrogen-bond donors (Lipinski definition) is 2. The Bertz CT molecular complexity index is 679. The third-order valence-corrected chi connectivity index (χ3v) is 3.58. The van der Waals surface area contributed by atoms with Crippen molar-refractivity contribution in [3.63, 3.8) is 0 Å². The lowest BCUT2D eigenvalue weighted by Crippen LogP contribution is -2.37. The number of amides is 2. The average Bonchev–Trinajstić information content (AvgIpc) is 2.79. The van der Waals surface area contributed by atoms with Crippen molar-refractivity contribution >= 4 is 38.7 Å². The Morgan fingerprint density at radius 2 is 2.05 bits per heavy atom. The van der Waals surface area contributed by atoms with Crippen LogP contribution in [-0.4, -0.2) is 24.9 Å². The Balaban J connectivity index is 2.09. The van der Waals surface area contributed by atoms with E-state index in [4.69, 9.17) is 4.42 Å². The number of nitrogens with one attached hydrogen (secondary N) is 2. The van der Waals surface area contributed by atoms with E-state index in [9.17, 15) is 9.59 Å². The Morgan fingerprint density at radius 3 is 2.76 bits per heavy atom. The Hall–Kier alpha value is -1.82. The number of benzene rings is 1. The zero-order chi connectivity index (χ0) is 15.4. The van der Waals surface area contributed by atoms with Crippen molar-refractivity contribution in [3.8, 4) is 0 Å². The van der Waals surface area contributed by atoms with Gasteiger partial charge in [-0.05, 0) is 31.5 Å². The molecule has 0 atom stereocenters. The molecule has 0 fully saturated rings. The summed E-state index contributed by atoms with van der Waals surface area (Å²) in [7, 11) is 0. The summed E-state index contributed by atoms with van der Waals surface area (Å²) in [6.45, 7) is 4.34. The van der Waals surface area contributed by atoms with Crippen molar-refractivity contribution in [3.05, 3.63) is 34.0 Å². The van der Waals surface area contributed by atoms with Gasteiger partial charge in [0, 0.05) is 22.0 Å². The van der Waals surface area contributed by atoms with E-state index in [-0.39, 0.29) is 24.1 Å². The van der Waals surface area contributed by atoms with Crippen LogP contribution < -0.4 is 10.6 Å². The van der Waals surface area contributed by atoms with Gasteiger partial charge in [-0.2, -0.15) is 0 Å². The van der Waals surface area contributed by atoms with Gasteiger partial charge in [-0.1, -0.05) is 22.9 Å². The number of carbonyl (C=O) groups excluding carboxylic acids is 2. The van der Waals surface area contributed by atoms with Gasteiger partial charge in [0.1, 0.15) is 5.58 Å². The topological polar surface area (TPSA) is 71.3 Å². The number of carbonyl (C=O) groups is 2. The van der Waals surface area contributed by atoms with Crippen LogP contribution in [0.5, 0.6) is 0 Å². The van der Waals surface area contributed by atoms with Crippen LogP contribution in [-0.2, 0) is 4.79 Å². The summed E-state index contributed by atoms with van der Waals surface area (Å²) < 4.78 is 6.49. The number of aryl methyl sites for hydroxylation is 1. The second-order valence-corrected chi connectivity index (χ2v) is 5.64. The zero-order valence-corrected chi connectivity index (χ0v) is 13.5. The third kappa shape index (κ3) is 3.64. The molecule has 0 aliphatic carbocycles. The number of halogens is 1. The van der Waals surface area contributed by atoms with Crippen molar-refractivity contribution in [2.24, 2.45) is 0 Å². The fourth-order valence-electron chi connectivity index (χ4n) is 1.98. The molecule has 2 aromatic rings. The summed E-state index contributed by atoms with van der Waals surface area (Å²) in [5.74, 6) is -0.348. The maximum absolute atomic E-state index is 12.1. The van der Waals surface area contributed by atoms with E-state index in [1.54, 1.807) is 6.07 Å². The highest BCUT2D eigenvalue weighted by molar-refractivity contribution is 9.10. The molecule has 0 saturated heterocycles. The molecular weight excluding hydrogens is 336 g/mol. The Kier molecular flexibility index (Phi) is 5.01. The van der Waals surface area contributed by atoms with Gasteiger partial charge in [0.2, 0.25) is 5.91 Å². The highest BCUT2D eigenvalue weighted by Crippen LogP contribution is 2.27. The van der Waals surface area contributed by atoms with Gasteiger partial charge in [-0.15, -0.1) is 0 Å². The predicted octanol–water partition coefficient (Wildman–Crippen LogP) is 2.76. The van der Waals surface area contributed by atoms with Crippen molar-refractivity contribution < 1.29 is 14.0 Å². The van der Waals surface area contributed by atoms with Gasteiger partial charge in [-0.3, -0.25) is 9.59 Å². The highest BCUT2D eigenvalue weighted by atomic mass is 79.9. The van der Waals surface area contributed by atoms with E-state index in [1.807, 2.05) is 26.0 Å². The monoisotopic (exact) mass is 352 g/mol. The molecule has 0 radical (unpaired) electrons. The van der Waals surface area contributed by atoms with Crippen LogP contribution in [0.1, 0.15) is 29.5 Å². The lowest BCUT2D eigenvalue weighted by molar-refractivity contribution is -0.120. The van der Waals surface area contributed by atoms with Gasteiger partial charge in [-0.25, -0.2) is 0 Å². The number of furan rings is 1. The quantitative estimate of drug-likeness (QED) is 0.868. The molecule has 21 heavy (non-hydrogen) atoms. The van der Waals surface area contributed by atoms with Gasteiger partial charge in [0.05, 0.1) is 6.54 Å². The number of hydrogen-bond acceptors (Lipinski definition) is 3. The lowest BCUT2D eigenvalue weighted by Gasteiger charge is -2.04. The van der Waals surface area contributed by atoms with Crippen LogP contribution in [0.15, 0.2) is 27.1 Å². The molecule has 0 spiro atoms.